The number of benzene rings is 1. The molecule has 1 unspecified atom stereocenters. The van der Waals surface area contributed by atoms with E-state index < -0.39 is 6.10 Å². The van der Waals surface area contributed by atoms with Crippen molar-refractivity contribution in [3.8, 4) is 5.75 Å². The highest BCUT2D eigenvalue weighted by Gasteiger charge is 2.21. The molecule has 1 aromatic rings. The molecule has 3 nitrogen and oxygen atoms in total. The van der Waals surface area contributed by atoms with Crippen LogP contribution >= 0.6 is 11.6 Å². The van der Waals surface area contributed by atoms with E-state index in [0.29, 0.717) is 11.6 Å². The van der Waals surface area contributed by atoms with Crippen LogP contribution in [0.15, 0.2) is 12.1 Å². The van der Waals surface area contributed by atoms with Gasteiger partial charge in [0.05, 0.1) is 18.2 Å². The number of fused-ring (bicyclic) bond motifs is 1. The summed E-state index contributed by atoms with van der Waals surface area (Å²) >= 11 is 6.05. The zero-order valence-corrected chi connectivity index (χ0v) is 8.64. The number of rotatable bonds is 1. The Balaban J connectivity index is 2.51. The van der Waals surface area contributed by atoms with Crippen LogP contribution in [-0.2, 0) is 6.54 Å². The van der Waals surface area contributed by atoms with Gasteiger partial charge in [0.2, 0.25) is 0 Å². The fourth-order valence-electron chi connectivity index (χ4n) is 1.73. The normalized spacial score (nSPS) is 20.4. The van der Waals surface area contributed by atoms with Crippen molar-refractivity contribution in [2.45, 2.75) is 12.6 Å². The predicted octanol–water partition coefficient (Wildman–Crippen LogP) is 1.49. The Labute approximate surface area is 87.6 Å². The first-order chi connectivity index (χ1) is 6.72. The summed E-state index contributed by atoms with van der Waals surface area (Å²) in [6.07, 6.45) is -0.517. The van der Waals surface area contributed by atoms with Crippen molar-refractivity contribution < 1.29 is 9.84 Å². The minimum absolute atomic E-state index is 0.517. The Bertz CT molecular complexity index is 354. The van der Waals surface area contributed by atoms with Crippen molar-refractivity contribution >= 4 is 11.6 Å². The van der Waals surface area contributed by atoms with E-state index in [9.17, 15) is 5.11 Å². The minimum Gasteiger partial charge on any atom is -0.497 e. The average Bonchev–Trinajstić information content (AvgIpc) is 2.17. The highest BCUT2D eigenvalue weighted by molar-refractivity contribution is 6.31. The van der Waals surface area contributed by atoms with Crippen LogP contribution < -0.4 is 10.1 Å². The number of β-amino-alcohol motifs (C(OH)–C–C–N with tert-alkyl or cyclic N) is 1. The minimum atomic E-state index is -0.517. The molecule has 76 valence electrons. The molecule has 0 spiro atoms. The summed E-state index contributed by atoms with van der Waals surface area (Å²) < 4.78 is 5.10. The number of nitrogens with one attached hydrogen (secondary N) is 1. The van der Waals surface area contributed by atoms with Gasteiger partial charge in [-0.25, -0.2) is 0 Å². The second-order valence-electron chi connectivity index (χ2n) is 3.33. The van der Waals surface area contributed by atoms with Gasteiger partial charge in [0.1, 0.15) is 5.75 Å². The predicted molar refractivity (Wildman–Crippen MR) is 54.7 cm³/mol. The summed E-state index contributed by atoms with van der Waals surface area (Å²) in [5, 5.41) is 13.4. The van der Waals surface area contributed by atoms with Crippen LogP contribution in [0.25, 0.3) is 0 Å². The highest BCUT2D eigenvalue weighted by atomic mass is 35.5. The quantitative estimate of drug-likeness (QED) is 0.743. The average molecular weight is 214 g/mol. The van der Waals surface area contributed by atoms with Crippen molar-refractivity contribution in [1.29, 1.82) is 0 Å². The first-order valence-corrected chi connectivity index (χ1v) is 4.85. The summed E-state index contributed by atoms with van der Waals surface area (Å²) in [4.78, 5) is 0. The molecule has 0 amide bonds. The maximum atomic E-state index is 9.72. The lowest BCUT2D eigenvalue weighted by Crippen LogP contribution is -2.28. The Morgan fingerprint density at radius 1 is 1.57 bits per heavy atom. The standard InChI is InChI=1S/C10H12ClNO2/c1-14-7-2-6-4-12-5-9(13)10(6)8(11)3-7/h2-3,9,12-13H,4-5H2,1H3. The molecule has 14 heavy (non-hydrogen) atoms. The molecule has 0 aromatic heterocycles. The second kappa shape index (κ2) is 3.77. The molecule has 0 radical (unpaired) electrons. The maximum Gasteiger partial charge on any atom is 0.120 e. The van der Waals surface area contributed by atoms with Gasteiger partial charge in [-0.1, -0.05) is 11.6 Å². The van der Waals surface area contributed by atoms with E-state index >= 15 is 0 Å². The van der Waals surface area contributed by atoms with Crippen LogP contribution in [0.5, 0.6) is 5.75 Å². The van der Waals surface area contributed by atoms with E-state index in [0.717, 1.165) is 23.4 Å². The highest BCUT2D eigenvalue weighted by Crippen LogP contribution is 2.33. The molecule has 0 bridgehead atoms. The summed E-state index contributed by atoms with van der Waals surface area (Å²) in [7, 11) is 1.60. The smallest absolute Gasteiger partial charge is 0.120 e. The van der Waals surface area contributed by atoms with Crippen LogP contribution in [0, 0.1) is 0 Å². The third-order valence-corrected chi connectivity index (χ3v) is 2.72. The van der Waals surface area contributed by atoms with Crippen LogP contribution in [0.2, 0.25) is 5.02 Å². The van der Waals surface area contributed by atoms with Gasteiger partial charge in [-0.15, -0.1) is 0 Å². The lowest BCUT2D eigenvalue weighted by Gasteiger charge is -2.24. The van der Waals surface area contributed by atoms with Crippen molar-refractivity contribution in [3.63, 3.8) is 0 Å². The number of aliphatic hydroxyl groups excluding tert-OH is 1. The van der Waals surface area contributed by atoms with Gasteiger partial charge in [0, 0.05) is 18.7 Å². The molecule has 2 N–H and O–H groups in total. The van der Waals surface area contributed by atoms with E-state index in [1.54, 1.807) is 13.2 Å². The van der Waals surface area contributed by atoms with E-state index in [-0.39, 0.29) is 0 Å². The first kappa shape index (κ1) is 9.77. The Morgan fingerprint density at radius 2 is 2.36 bits per heavy atom. The lowest BCUT2D eigenvalue weighted by molar-refractivity contribution is 0.165. The summed E-state index contributed by atoms with van der Waals surface area (Å²) in [6, 6.07) is 3.63. The van der Waals surface area contributed by atoms with Crippen molar-refractivity contribution in [3.05, 3.63) is 28.3 Å². The number of aliphatic hydroxyl groups is 1. The lowest BCUT2D eigenvalue weighted by atomic mass is 9.98. The summed E-state index contributed by atoms with van der Waals surface area (Å²) in [5.41, 5.74) is 1.83. The van der Waals surface area contributed by atoms with Crippen LogP contribution in [0.3, 0.4) is 0 Å². The largest absolute Gasteiger partial charge is 0.497 e. The van der Waals surface area contributed by atoms with Crippen LogP contribution in [0.4, 0.5) is 0 Å². The molecule has 0 fully saturated rings. The number of hydrogen-bond acceptors (Lipinski definition) is 3. The Hall–Kier alpha value is -0.770. The molecule has 1 aromatic carbocycles. The van der Waals surface area contributed by atoms with Gasteiger partial charge in [-0.2, -0.15) is 0 Å². The molecule has 1 atom stereocenters. The van der Waals surface area contributed by atoms with Gasteiger partial charge < -0.3 is 15.2 Å². The van der Waals surface area contributed by atoms with Crippen LogP contribution in [0.1, 0.15) is 17.2 Å². The summed E-state index contributed by atoms with van der Waals surface area (Å²) in [5.74, 6) is 0.727. The van der Waals surface area contributed by atoms with E-state index in [1.807, 2.05) is 6.07 Å². The maximum absolute atomic E-state index is 9.72. The van der Waals surface area contributed by atoms with Gasteiger partial charge in [0.25, 0.3) is 0 Å². The first-order valence-electron chi connectivity index (χ1n) is 4.47. The Kier molecular flexibility index (Phi) is 2.63. The fraction of sp³-hybridized carbons (Fsp3) is 0.400. The molecule has 0 aliphatic carbocycles. The van der Waals surface area contributed by atoms with Crippen molar-refractivity contribution in [2.24, 2.45) is 0 Å². The number of hydrogen-bond donors (Lipinski definition) is 2. The number of methoxy groups -OCH3 is 1. The van der Waals surface area contributed by atoms with Gasteiger partial charge >= 0.3 is 0 Å². The molecule has 1 aliphatic rings. The van der Waals surface area contributed by atoms with E-state index in [1.165, 1.54) is 0 Å². The molecule has 4 heteroatoms. The molecular formula is C10H12ClNO2. The third-order valence-electron chi connectivity index (χ3n) is 2.41. The number of ether oxygens (including phenoxy) is 1. The molecule has 1 aliphatic heterocycles. The van der Waals surface area contributed by atoms with Crippen molar-refractivity contribution in [2.75, 3.05) is 13.7 Å². The Morgan fingerprint density at radius 3 is 3.07 bits per heavy atom. The van der Waals surface area contributed by atoms with Gasteiger partial charge in [0.15, 0.2) is 0 Å². The zero-order chi connectivity index (χ0) is 10.1. The topological polar surface area (TPSA) is 41.5 Å². The van der Waals surface area contributed by atoms with E-state index in [4.69, 9.17) is 16.3 Å². The SMILES string of the molecule is COc1cc(Cl)c2c(c1)CNCC2O. The number of halogens is 1. The van der Waals surface area contributed by atoms with E-state index in [2.05, 4.69) is 5.32 Å². The molecule has 0 saturated carbocycles. The van der Waals surface area contributed by atoms with Crippen molar-refractivity contribution in [1.82, 2.24) is 5.32 Å². The van der Waals surface area contributed by atoms with Gasteiger partial charge in [-0.05, 0) is 17.7 Å². The third kappa shape index (κ3) is 1.59. The molecule has 1 heterocycles. The van der Waals surface area contributed by atoms with Gasteiger partial charge in [-0.3, -0.25) is 0 Å². The van der Waals surface area contributed by atoms with Crippen LogP contribution in [-0.4, -0.2) is 18.8 Å². The zero-order valence-electron chi connectivity index (χ0n) is 7.88. The fourth-order valence-corrected chi connectivity index (χ4v) is 2.08. The monoisotopic (exact) mass is 213 g/mol. The second-order valence-corrected chi connectivity index (χ2v) is 3.74. The molecular weight excluding hydrogens is 202 g/mol. The molecule has 2 rings (SSSR count). The summed E-state index contributed by atoms with van der Waals surface area (Å²) in [6.45, 7) is 1.28. The molecule has 0 saturated heterocycles.